The maximum atomic E-state index is 13.2. The van der Waals surface area contributed by atoms with E-state index in [1.165, 1.54) is 4.90 Å². The first-order chi connectivity index (χ1) is 15.6. The Kier molecular flexibility index (Phi) is 4.95. The lowest BCUT2D eigenvalue weighted by atomic mass is 9.94. The molecule has 1 aliphatic heterocycles. The summed E-state index contributed by atoms with van der Waals surface area (Å²) in [5.41, 5.74) is 2.08. The van der Waals surface area contributed by atoms with Gasteiger partial charge in [0.05, 0.1) is 11.6 Å². The zero-order valence-electron chi connectivity index (χ0n) is 17.1. The Morgan fingerprint density at radius 2 is 1.66 bits per heavy atom. The van der Waals surface area contributed by atoms with E-state index in [2.05, 4.69) is 9.97 Å². The normalized spacial score (nSPS) is 17.8. The molecule has 6 nitrogen and oxygen atoms in total. The van der Waals surface area contributed by atoms with E-state index in [1.807, 2.05) is 42.5 Å². The van der Waals surface area contributed by atoms with Crippen LogP contribution in [0.4, 0.5) is 0 Å². The molecule has 5 rings (SSSR count). The Morgan fingerprint density at radius 3 is 2.44 bits per heavy atom. The highest BCUT2D eigenvalue weighted by Crippen LogP contribution is 2.41. The molecule has 1 unspecified atom stereocenters. The van der Waals surface area contributed by atoms with Gasteiger partial charge in [-0.3, -0.25) is 19.6 Å². The summed E-state index contributed by atoms with van der Waals surface area (Å²) in [7, 11) is 0. The lowest BCUT2D eigenvalue weighted by Gasteiger charge is -2.25. The maximum Gasteiger partial charge on any atom is 0.295 e. The van der Waals surface area contributed by atoms with Gasteiger partial charge in [0.1, 0.15) is 5.76 Å². The van der Waals surface area contributed by atoms with Crippen LogP contribution in [0.5, 0.6) is 0 Å². The van der Waals surface area contributed by atoms with Gasteiger partial charge in [-0.05, 0) is 40.1 Å². The van der Waals surface area contributed by atoms with Crippen molar-refractivity contribution in [2.24, 2.45) is 0 Å². The van der Waals surface area contributed by atoms with Crippen LogP contribution in [0, 0.1) is 0 Å². The van der Waals surface area contributed by atoms with Gasteiger partial charge in [0.25, 0.3) is 11.7 Å². The van der Waals surface area contributed by atoms with Crippen molar-refractivity contribution >= 4 is 28.2 Å². The smallest absolute Gasteiger partial charge is 0.295 e. The van der Waals surface area contributed by atoms with Crippen molar-refractivity contribution in [1.29, 1.82) is 0 Å². The van der Waals surface area contributed by atoms with Crippen molar-refractivity contribution < 1.29 is 14.7 Å². The molecule has 1 atom stereocenters. The van der Waals surface area contributed by atoms with Gasteiger partial charge < -0.3 is 10.0 Å². The van der Waals surface area contributed by atoms with E-state index < -0.39 is 17.7 Å². The molecule has 32 heavy (non-hydrogen) atoms. The lowest BCUT2D eigenvalue weighted by molar-refractivity contribution is -0.140. The number of rotatable bonds is 4. The summed E-state index contributed by atoms with van der Waals surface area (Å²) in [5, 5.41) is 13.1. The van der Waals surface area contributed by atoms with Gasteiger partial charge in [-0.25, -0.2) is 0 Å². The monoisotopic (exact) mass is 421 g/mol. The second-order valence-electron chi connectivity index (χ2n) is 7.60. The van der Waals surface area contributed by atoms with E-state index in [-0.39, 0.29) is 17.9 Å². The van der Waals surface area contributed by atoms with Crippen LogP contribution in [-0.2, 0) is 16.1 Å². The molecule has 1 saturated heterocycles. The van der Waals surface area contributed by atoms with Crippen LogP contribution in [0.25, 0.3) is 16.5 Å². The van der Waals surface area contributed by atoms with E-state index in [4.69, 9.17) is 0 Å². The van der Waals surface area contributed by atoms with Gasteiger partial charge in [0.2, 0.25) is 0 Å². The fourth-order valence-corrected chi connectivity index (χ4v) is 4.20. The van der Waals surface area contributed by atoms with Crippen molar-refractivity contribution in [1.82, 2.24) is 14.9 Å². The fraction of sp³-hybridized carbons (Fsp3) is 0.0769. The minimum absolute atomic E-state index is 0.0708. The summed E-state index contributed by atoms with van der Waals surface area (Å²) >= 11 is 0. The second kappa shape index (κ2) is 8.07. The molecule has 1 fully saturated rings. The molecule has 0 bridgehead atoms. The zero-order chi connectivity index (χ0) is 22.1. The molecule has 4 aromatic rings. The van der Waals surface area contributed by atoms with E-state index in [9.17, 15) is 14.7 Å². The van der Waals surface area contributed by atoms with Crippen LogP contribution in [0.2, 0.25) is 0 Å². The molecule has 2 aromatic carbocycles. The van der Waals surface area contributed by atoms with Gasteiger partial charge in [0, 0.05) is 36.9 Å². The first-order valence-corrected chi connectivity index (χ1v) is 10.2. The molecule has 156 valence electrons. The van der Waals surface area contributed by atoms with Crippen molar-refractivity contribution in [3.05, 3.63) is 114 Å². The average molecular weight is 421 g/mol. The van der Waals surface area contributed by atoms with E-state index in [0.29, 0.717) is 11.1 Å². The summed E-state index contributed by atoms with van der Waals surface area (Å²) in [5.74, 6) is -1.55. The number of aromatic nitrogens is 2. The third-order valence-corrected chi connectivity index (χ3v) is 5.68. The summed E-state index contributed by atoms with van der Waals surface area (Å²) in [4.78, 5) is 35.9. The van der Waals surface area contributed by atoms with Crippen LogP contribution < -0.4 is 0 Å². The van der Waals surface area contributed by atoms with E-state index in [0.717, 1.165) is 16.3 Å². The molecule has 6 heteroatoms. The molecule has 0 spiro atoms. The van der Waals surface area contributed by atoms with Crippen LogP contribution in [0.15, 0.2) is 97.1 Å². The van der Waals surface area contributed by atoms with Gasteiger partial charge in [0.15, 0.2) is 0 Å². The van der Waals surface area contributed by atoms with Crippen molar-refractivity contribution in [3.63, 3.8) is 0 Å². The number of hydrogen-bond donors (Lipinski definition) is 1. The predicted octanol–water partition coefficient (Wildman–Crippen LogP) is 4.25. The number of nitrogens with zero attached hydrogens (tertiary/aromatic N) is 3. The van der Waals surface area contributed by atoms with Crippen molar-refractivity contribution in [2.45, 2.75) is 12.6 Å². The number of carbonyl (C=O) groups is 2. The Labute approximate surface area is 184 Å². The van der Waals surface area contributed by atoms with Gasteiger partial charge in [-0.2, -0.15) is 0 Å². The zero-order valence-corrected chi connectivity index (χ0v) is 17.1. The lowest BCUT2D eigenvalue weighted by Crippen LogP contribution is -2.29. The molecule has 2 aromatic heterocycles. The minimum Gasteiger partial charge on any atom is -0.507 e. The molecule has 0 aliphatic carbocycles. The van der Waals surface area contributed by atoms with Gasteiger partial charge in [-0.15, -0.1) is 0 Å². The molecule has 1 aliphatic rings. The summed E-state index contributed by atoms with van der Waals surface area (Å²) in [6.07, 6.45) is 6.53. The van der Waals surface area contributed by atoms with Gasteiger partial charge >= 0.3 is 0 Å². The number of hydrogen-bond acceptors (Lipinski definition) is 5. The standard InChI is InChI=1S/C26H19N3O3/c30-24(21-9-3-7-18-6-1-2-8-20(18)21)22-23(19-10-13-27-14-11-19)29(26(32)25(22)31)16-17-5-4-12-28-15-17/h1-15,23,30H,16H2/b24-22-. The van der Waals surface area contributed by atoms with Gasteiger partial charge in [-0.1, -0.05) is 48.5 Å². The maximum absolute atomic E-state index is 13.2. The summed E-state index contributed by atoms with van der Waals surface area (Å²) < 4.78 is 0. The topological polar surface area (TPSA) is 83.4 Å². The molecule has 3 heterocycles. The third kappa shape index (κ3) is 3.32. The number of likely N-dealkylation sites (tertiary alicyclic amines) is 1. The van der Waals surface area contributed by atoms with Crippen molar-refractivity contribution in [3.8, 4) is 0 Å². The number of aliphatic hydroxyl groups is 1. The molecular weight excluding hydrogens is 402 g/mol. The number of amides is 1. The quantitative estimate of drug-likeness (QED) is 0.303. The third-order valence-electron chi connectivity index (χ3n) is 5.68. The Morgan fingerprint density at radius 1 is 0.875 bits per heavy atom. The number of pyridine rings is 2. The highest BCUT2D eigenvalue weighted by molar-refractivity contribution is 6.46. The van der Waals surface area contributed by atoms with E-state index >= 15 is 0 Å². The van der Waals surface area contributed by atoms with Crippen LogP contribution in [-0.4, -0.2) is 31.7 Å². The van der Waals surface area contributed by atoms with Crippen molar-refractivity contribution in [2.75, 3.05) is 0 Å². The van der Waals surface area contributed by atoms with Crippen LogP contribution in [0.1, 0.15) is 22.7 Å². The average Bonchev–Trinajstić information content (AvgIpc) is 3.09. The number of Topliss-reactive ketones (excluding diaryl/α,β-unsaturated/α-hetero) is 1. The number of aliphatic hydroxyl groups excluding tert-OH is 1. The molecule has 0 radical (unpaired) electrons. The predicted molar refractivity (Wildman–Crippen MR) is 120 cm³/mol. The largest absolute Gasteiger partial charge is 0.507 e. The highest BCUT2D eigenvalue weighted by atomic mass is 16.3. The second-order valence-corrected chi connectivity index (χ2v) is 7.60. The number of carbonyl (C=O) groups excluding carboxylic acids is 2. The molecule has 0 saturated carbocycles. The Bertz CT molecular complexity index is 1350. The molecule has 1 amide bonds. The first-order valence-electron chi connectivity index (χ1n) is 10.2. The van der Waals surface area contributed by atoms with E-state index in [1.54, 1.807) is 49.1 Å². The SMILES string of the molecule is O=C1C(=O)N(Cc2cccnc2)C(c2ccncc2)/C1=C(/O)c1cccc2ccccc12. The highest BCUT2D eigenvalue weighted by Gasteiger charge is 2.46. The minimum atomic E-state index is -0.739. The summed E-state index contributed by atoms with van der Waals surface area (Å²) in [6.45, 7) is 0.192. The Hall–Kier alpha value is -4.32. The number of ketones is 1. The Balaban J connectivity index is 1.70. The number of benzene rings is 2. The fourth-order valence-electron chi connectivity index (χ4n) is 4.20. The molecule has 1 N–H and O–H groups in total. The molecular formula is C26H19N3O3. The van der Waals surface area contributed by atoms with Crippen LogP contribution >= 0.6 is 0 Å². The number of fused-ring (bicyclic) bond motifs is 1. The van der Waals surface area contributed by atoms with Crippen LogP contribution in [0.3, 0.4) is 0 Å². The first kappa shape index (κ1) is 19.6. The summed E-state index contributed by atoms with van der Waals surface area (Å²) in [6, 6.07) is 19.5.